The maximum Gasteiger partial charge on any atom is 0.237 e. The average molecular weight is 235 g/mol. The molecule has 1 heterocycles. The Morgan fingerprint density at radius 3 is 2.94 bits per heavy atom. The molecule has 0 aliphatic heterocycles. The number of carbonyl (C=O) groups is 1. The van der Waals surface area contributed by atoms with Gasteiger partial charge in [-0.2, -0.15) is 0 Å². The number of hydrogen-bond acceptors (Lipinski definition) is 3. The summed E-state index contributed by atoms with van der Waals surface area (Å²) in [5.74, 6) is -0.0976. The Hall–Kier alpha value is -1.42. The highest BCUT2D eigenvalue weighted by Gasteiger charge is 2.12. The predicted octanol–water partition coefficient (Wildman–Crippen LogP) is 1.39. The van der Waals surface area contributed by atoms with E-state index in [-0.39, 0.29) is 5.91 Å². The number of amides is 1. The number of pyridine rings is 1. The van der Waals surface area contributed by atoms with E-state index in [1.54, 1.807) is 6.20 Å². The van der Waals surface area contributed by atoms with Crippen molar-refractivity contribution in [3.8, 4) is 0 Å². The fourth-order valence-electron chi connectivity index (χ4n) is 1.70. The number of rotatable bonds is 6. The molecule has 4 nitrogen and oxygen atoms in total. The van der Waals surface area contributed by atoms with Crippen molar-refractivity contribution in [3.05, 3.63) is 29.6 Å². The van der Waals surface area contributed by atoms with Crippen LogP contribution in [-0.2, 0) is 17.8 Å². The Morgan fingerprint density at radius 2 is 2.29 bits per heavy atom. The molecule has 0 aromatic carbocycles. The summed E-state index contributed by atoms with van der Waals surface area (Å²) in [6, 6.07) is 3.53. The van der Waals surface area contributed by atoms with Gasteiger partial charge in [-0.25, -0.2) is 0 Å². The van der Waals surface area contributed by atoms with Gasteiger partial charge in [-0.05, 0) is 24.5 Å². The SMILES string of the molecule is CCC[C@@H](N)C(=O)NCc1ncccc1CC. The summed E-state index contributed by atoms with van der Waals surface area (Å²) < 4.78 is 0. The molecular formula is C13H21N3O. The summed E-state index contributed by atoms with van der Waals surface area (Å²) in [6.07, 6.45) is 4.29. The standard InChI is InChI=1S/C13H21N3O/c1-3-6-11(14)13(17)16-9-12-10(4-2)7-5-8-15-12/h5,7-8,11H,3-4,6,9,14H2,1-2H3,(H,16,17)/t11-/m1/s1. The molecule has 0 bridgehead atoms. The second-order valence-corrected chi connectivity index (χ2v) is 4.08. The third-order valence-corrected chi connectivity index (χ3v) is 2.73. The van der Waals surface area contributed by atoms with Crippen LogP contribution in [0.15, 0.2) is 18.3 Å². The predicted molar refractivity (Wildman–Crippen MR) is 68.3 cm³/mol. The molecule has 1 rings (SSSR count). The minimum atomic E-state index is -0.409. The van der Waals surface area contributed by atoms with E-state index in [0.717, 1.165) is 24.1 Å². The topological polar surface area (TPSA) is 68.0 Å². The molecule has 0 saturated carbocycles. The minimum absolute atomic E-state index is 0.0976. The smallest absolute Gasteiger partial charge is 0.237 e. The van der Waals surface area contributed by atoms with Crippen molar-refractivity contribution < 1.29 is 4.79 Å². The van der Waals surface area contributed by atoms with Crippen LogP contribution in [-0.4, -0.2) is 16.9 Å². The Labute approximate surface area is 103 Å². The summed E-state index contributed by atoms with van der Waals surface area (Å²) in [5, 5.41) is 2.83. The van der Waals surface area contributed by atoms with Crippen LogP contribution >= 0.6 is 0 Å². The summed E-state index contributed by atoms with van der Waals surface area (Å²) in [4.78, 5) is 15.9. The van der Waals surface area contributed by atoms with Crippen LogP contribution < -0.4 is 11.1 Å². The number of aromatic nitrogens is 1. The minimum Gasteiger partial charge on any atom is -0.349 e. The highest BCUT2D eigenvalue weighted by atomic mass is 16.2. The number of nitrogens with two attached hydrogens (primary N) is 1. The summed E-state index contributed by atoms with van der Waals surface area (Å²) in [5.41, 5.74) is 7.82. The lowest BCUT2D eigenvalue weighted by molar-refractivity contribution is -0.122. The normalized spacial score (nSPS) is 12.2. The van der Waals surface area contributed by atoms with Crippen LogP contribution in [0.2, 0.25) is 0 Å². The van der Waals surface area contributed by atoms with Crippen molar-refractivity contribution in [2.24, 2.45) is 5.73 Å². The van der Waals surface area contributed by atoms with Gasteiger partial charge in [-0.3, -0.25) is 9.78 Å². The molecule has 0 radical (unpaired) electrons. The molecule has 1 amide bonds. The van der Waals surface area contributed by atoms with Gasteiger partial charge in [0.1, 0.15) is 0 Å². The fraction of sp³-hybridized carbons (Fsp3) is 0.538. The maximum absolute atomic E-state index is 11.6. The molecule has 0 saturated heterocycles. The van der Waals surface area contributed by atoms with Gasteiger partial charge in [0, 0.05) is 6.20 Å². The first-order valence-electron chi connectivity index (χ1n) is 6.15. The lowest BCUT2D eigenvalue weighted by atomic mass is 10.1. The Bertz CT molecular complexity index is 365. The van der Waals surface area contributed by atoms with E-state index in [0.29, 0.717) is 13.0 Å². The van der Waals surface area contributed by atoms with Gasteiger partial charge in [-0.1, -0.05) is 26.3 Å². The fourth-order valence-corrected chi connectivity index (χ4v) is 1.70. The number of carbonyl (C=O) groups excluding carboxylic acids is 1. The van der Waals surface area contributed by atoms with Gasteiger partial charge in [0.25, 0.3) is 0 Å². The largest absolute Gasteiger partial charge is 0.349 e. The Morgan fingerprint density at radius 1 is 1.53 bits per heavy atom. The first kappa shape index (κ1) is 13.6. The van der Waals surface area contributed by atoms with E-state index in [1.165, 1.54) is 0 Å². The highest BCUT2D eigenvalue weighted by molar-refractivity contribution is 5.81. The van der Waals surface area contributed by atoms with Crippen LogP contribution in [0.1, 0.15) is 37.9 Å². The molecule has 0 spiro atoms. The van der Waals surface area contributed by atoms with Crippen LogP contribution in [0.4, 0.5) is 0 Å². The molecule has 4 heteroatoms. The molecular weight excluding hydrogens is 214 g/mol. The van der Waals surface area contributed by atoms with Crippen molar-refractivity contribution in [2.75, 3.05) is 0 Å². The lowest BCUT2D eigenvalue weighted by Gasteiger charge is -2.12. The van der Waals surface area contributed by atoms with E-state index in [1.807, 2.05) is 19.1 Å². The van der Waals surface area contributed by atoms with E-state index < -0.39 is 6.04 Å². The zero-order valence-electron chi connectivity index (χ0n) is 10.6. The number of nitrogens with one attached hydrogen (secondary N) is 1. The molecule has 3 N–H and O–H groups in total. The van der Waals surface area contributed by atoms with Gasteiger partial charge in [0.2, 0.25) is 5.91 Å². The summed E-state index contributed by atoms with van der Waals surface area (Å²) in [6.45, 7) is 4.55. The summed E-state index contributed by atoms with van der Waals surface area (Å²) >= 11 is 0. The quantitative estimate of drug-likeness (QED) is 0.783. The summed E-state index contributed by atoms with van der Waals surface area (Å²) in [7, 11) is 0. The molecule has 0 aliphatic rings. The zero-order valence-corrected chi connectivity index (χ0v) is 10.6. The first-order chi connectivity index (χ1) is 8.19. The Balaban J connectivity index is 2.52. The van der Waals surface area contributed by atoms with Crippen LogP contribution in [0.5, 0.6) is 0 Å². The van der Waals surface area contributed by atoms with E-state index in [4.69, 9.17) is 5.73 Å². The van der Waals surface area contributed by atoms with Crippen LogP contribution in [0, 0.1) is 0 Å². The molecule has 1 aromatic rings. The van der Waals surface area contributed by atoms with E-state index >= 15 is 0 Å². The molecule has 17 heavy (non-hydrogen) atoms. The van der Waals surface area contributed by atoms with Gasteiger partial charge in [0.05, 0.1) is 18.3 Å². The van der Waals surface area contributed by atoms with Crippen molar-refractivity contribution >= 4 is 5.91 Å². The van der Waals surface area contributed by atoms with Crippen LogP contribution in [0.3, 0.4) is 0 Å². The van der Waals surface area contributed by atoms with Crippen molar-refractivity contribution in [1.82, 2.24) is 10.3 Å². The van der Waals surface area contributed by atoms with Crippen LogP contribution in [0.25, 0.3) is 0 Å². The third kappa shape index (κ3) is 4.15. The average Bonchev–Trinajstić information content (AvgIpc) is 2.36. The van der Waals surface area contributed by atoms with Gasteiger partial charge < -0.3 is 11.1 Å². The maximum atomic E-state index is 11.6. The van der Waals surface area contributed by atoms with Crippen molar-refractivity contribution in [1.29, 1.82) is 0 Å². The van der Waals surface area contributed by atoms with E-state index in [9.17, 15) is 4.79 Å². The van der Waals surface area contributed by atoms with Crippen molar-refractivity contribution in [2.45, 2.75) is 45.7 Å². The number of hydrogen-bond donors (Lipinski definition) is 2. The molecule has 94 valence electrons. The monoisotopic (exact) mass is 235 g/mol. The molecule has 1 aromatic heterocycles. The molecule has 1 atom stereocenters. The first-order valence-corrected chi connectivity index (χ1v) is 6.15. The lowest BCUT2D eigenvalue weighted by Crippen LogP contribution is -2.40. The molecule has 0 fully saturated rings. The van der Waals surface area contributed by atoms with E-state index in [2.05, 4.69) is 17.2 Å². The Kier molecular flexibility index (Phi) is 5.63. The highest BCUT2D eigenvalue weighted by Crippen LogP contribution is 2.05. The van der Waals surface area contributed by atoms with Crippen molar-refractivity contribution in [3.63, 3.8) is 0 Å². The molecule has 0 unspecified atom stereocenters. The number of nitrogens with zero attached hydrogens (tertiary/aromatic N) is 1. The number of aryl methyl sites for hydroxylation is 1. The second kappa shape index (κ2) is 7.01. The second-order valence-electron chi connectivity index (χ2n) is 4.08. The zero-order chi connectivity index (χ0) is 12.7. The van der Waals surface area contributed by atoms with Gasteiger partial charge >= 0.3 is 0 Å². The third-order valence-electron chi connectivity index (χ3n) is 2.73. The molecule has 0 aliphatic carbocycles. The van der Waals surface area contributed by atoms with Gasteiger partial charge in [-0.15, -0.1) is 0 Å². The van der Waals surface area contributed by atoms with Gasteiger partial charge in [0.15, 0.2) is 0 Å².